The molecule has 0 unspecified atom stereocenters. The molecule has 0 saturated carbocycles. The van der Waals surface area contributed by atoms with Crippen LogP contribution in [0.1, 0.15) is 15.9 Å². The van der Waals surface area contributed by atoms with Gasteiger partial charge in [-0.15, -0.1) is 0 Å². The van der Waals surface area contributed by atoms with Crippen molar-refractivity contribution in [2.24, 2.45) is 0 Å². The van der Waals surface area contributed by atoms with E-state index < -0.39 is 28.5 Å². The zero-order valence-corrected chi connectivity index (χ0v) is 16.3. The molecule has 0 aromatic heterocycles. The molecule has 0 aliphatic rings. The van der Waals surface area contributed by atoms with Crippen molar-refractivity contribution in [3.05, 3.63) is 64.7 Å². The fourth-order valence-electron chi connectivity index (χ4n) is 2.21. The van der Waals surface area contributed by atoms with Crippen molar-refractivity contribution >= 4 is 39.3 Å². The van der Waals surface area contributed by atoms with Crippen LogP contribution in [0.25, 0.3) is 0 Å². The van der Waals surface area contributed by atoms with E-state index >= 15 is 0 Å². The average molecular weight is 412 g/mol. The second kappa shape index (κ2) is 8.88. The van der Waals surface area contributed by atoms with Crippen molar-refractivity contribution in [2.75, 3.05) is 24.2 Å². The lowest BCUT2D eigenvalue weighted by molar-refractivity contribution is -0.143. The number of nitrogens with zero attached hydrogens (tertiary/aromatic N) is 1. The van der Waals surface area contributed by atoms with E-state index in [0.717, 1.165) is 10.6 Å². The van der Waals surface area contributed by atoms with Gasteiger partial charge in [-0.05, 0) is 35.9 Å². The number of hydrogen-bond acceptors (Lipinski definition) is 6. The molecule has 0 saturated heterocycles. The predicted molar refractivity (Wildman–Crippen MR) is 101 cm³/mol. The molecular weight excluding hydrogens is 394 g/mol. The molecule has 2 aromatic rings. The van der Waals surface area contributed by atoms with Crippen LogP contribution in [0, 0.1) is 0 Å². The van der Waals surface area contributed by atoms with Crippen LogP contribution in [-0.4, -0.2) is 40.3 Å². The Morgan fingerprint density at radius 2 is 1.78 bits per heavy atom. The summed E-state index contributed by atoms with van der Waals surface area (Å²) in [5.41, 5.74) is 1.28. The number of rotatable bonds is 7. The SMILES string of the molecule is COC(=O)c1ccc(COC(=O)CN(c2cccc(Cl)c2)S(C)(=O)=O)cc1. The van der Waals surface area contributed by atoms with Crippen LogP contribution in [0.4, 0.5) is 5.69 Å². The van der Waals surface area contributed by atoms with E-state index in [-0.39, 0.29) is 12.3 Å². The van der Waals surface area contributed by atoms with Gasteiger partial charge in [-0.1, -0.05) is 29.8 Å². The van der Waals surface area contributed by atoms with Crippen molar-refractivity contribution in [3.8, 4) is 0 Å². The standard InChI is InChI=1S/C18H18ClNO6S/c1-25-18(22)14-8-6-13(7-9-14)12-26-17(21)11-20(27(2,23)24)16-5-3-4-15(19)10-16/h3-10H,11-12H2,1-2H3. The maximum Gasteiger partial charge on any atom is 0.337 e. The van der Waals surface area contributed by atoms with Gasteiger partial charge in [0.2, 0.25) is 10.0 Å². The summed E-state index contributed by atoms with van der Waals surface area (Å²) in [6.45, 7) is -0.549. The summed E-state index contributed by atoms with van der Waals surface area (Å²) in [5.74, 6) is -1.19. The highest BCUT2D eigenvalue weighted by atomic mass is 35.5. The highest BCUT2D eigenvalue weighted by Gasteiger charge is 2.22. The van der Waals surface area contributed by atoms with E-state index in [0.29, 0.717) is 16.1 Å². The summed E-state index contributed by atoms with van der Waals surface area (Å²) in [5, 5.41) is 0.347. The largest absolute Gasteiger partial charge is 0.465 e. The summed E-state index contributed by atoms with van der Waals surface area (Å²) in [4.78, 5) is 23.5. The monoisotopic (exact) mass is 411 g/mol. The van der Waals surface area contributed by atoms with Gasteiger partial charge in [0.25, 0.3) is 0 Å². The molecule has 0 atom stereocenters. The predicted octanol–water partition coefficient (Wildman–Crippen LogP) is 2.64. The van der Waals surface area contributed by atoms with Crippen molar-refractivity contribution in [1.29, 1.82) is 0 Å². The highest BCUT2D eigenvalue weighted by Crippen LogP contribution is 2.21. The second-order valence-electron chi connectivity index (χ2n) is 5.60. The Bertz CT molecular complexity index is 927. The first-order valence-corrected chi connectivity index (χ1v) is 9.99. The van der Waals surface area contributed by atoms with Crippen LogP contribution >= 0.6 is 11.6 Å². The lowest BCUT2D eigenvalue weighted by atomic mass is 10.1. The van der Waals surface area contributed by atoms with Gasteiger partial charge in [0.1, 0.15) is 13.2 Å². The molecule has 0 spiro atoms. The first-order valence-electron chi connectivity index (χ1n) is 7.77. The van der Waals surface area contributed by atoms with E-state index in [9.17, 15) is 18.0 Å². The van der Waals surface area contributed by atoms with E-state index in [4.69, 9.17) is 16.3 Å². The first kappa shape index (κ1) is 20.7. The summed E-state index contributed by atoms with van der Waals surface area (Å²) < 4.78 is 34.7. The molecule has 0 bridgehead atoms. The van der Waals surface area contributed by atoms with E-state index in [1.807, 2.05) is 0 Å². The van der Waals surface area contributed by atoms with Crippen LogP contribution in [-0.2, 0) is 30.9 Å². The number of ether oxygens (including phenoxy) is 2. The van der Waals surface area contributed by atoms with Crippen LogP contribution in [0.2, 0.25) is 5.02 Å². The normalized spacial score (nSPS) is 10.9. The van der Waals surface area contributed by atoms with Gasteiger partial charge in [-0.25, -0.2) is 13.2 Å². The van der Waals surface area contributed by atoms with E-state index in [2.05, 4.69) is 4.74 Å². The van der Waals surface area contributed by atoms with Crippen LogP contribution in [0.5, 0.6) is 0 Å². The molecule has 2 aromatic carbocycles. The summed E-state index contributed by atoms with van der Waals surface area (Å²) in [7, 11) is -2.43. The maximum atomic E-state index is 12.1. The number of anilines is 1. The minimum Gasteiger partial charge on any atom is -0.465 e. The smallest absolute Gasteiger partial charge is 0.337 e. The zero-order chi connectivity index (χ0) is 20.0. The molecule has 27 heavy (non-hydrogen) atoms. The summed E-state index contributed by atoms with van der Waals surface area (Å²) >= 11 is 5.89. The molecule has 0 heterocycles. The highest BCUT2D eigenvalue weighted by molar-refractivity contribution is 7.92. The maximum absolute atomic E-state index is 12.1. The Kier molecular flexibility index (Phi) is 6.81. The molecule has 9 heteroatoms. The molecule has 144 valence electrons. The van der Waals surface area contributed by atoms with Gasteiger partial charge in [0.15, 0.2) is 0 Å². The Morgan fingerprint density at radius 3 is 2.33 bits per heavy atom. The van der Waals surface area contributed by atoms with Crippen molar-refractivity contribution < 1.29 is 27.5 Å². The van der Waals surface area contributed by atoms with E-state index in [1.165, 1.54) is 19.2 Å². The van der Waals surface area contributed by atoms with Crippen molar-refractivity contribution in [2.45, 2.75) is 6.61 Å². The third-order valence-corrected chi connectivity index (χ3v) is 4.92. The Labute approximate surface area is 162 Å². The fraction of sp³-hybridized carbons (Fsp3) is 0.222. The Hall–Kier alpha value is -2.58. The van der Waals surface area contributed by atoms with Crippen molar-refractivity contribution in [1.82, 2.24) is 0 Å². The number of hydrogen-bond donors (Lipinski definition) is 0. The van der Waals surface area contributed by atoms with Gasteiger partial charge in [0, 0.05) is 5.02 Å². The van der Waals surface area contributed by atoms with Gasteiger partial charge < -0.3 is 9.47 Å². The molecule has 7 nitrogen and oxygen atoms in total. The number of esters is 2. The number of sulfonamides is 1. The average Bonchev–Trinajstić information content (AvgIpc) is 2.63. The van der Waals surface area contributed by atoms with Crippen LogP contribution in [0.3, 0.4) is 0 Å². The molecule has 0 fully saturated rings. The third kappa shape index (κ3) is 5.97. The third-order valence-electron chi connectivity index (χ3n) is 3.54. The quantitative estimate of drug-likeness (QED) is 0.650. The fourth-order valence-corrected chi connectivity index (χ4v) is 3.23. The molecule has 0 amide bonds. The van der Waals surface area contributed by atoms with E-state index in [1.54, 1.807) is 36.4 Å². The Balaban J connectivity index is 2.03. The summed E-state index contributed by atoms with van der Waals surface area (Å²) in [6.07, 6.45) is 0.993. The summed E-state index contributed by atoms with van der Waals surface area (Å²) in [6, 6.07) is 12.5. The lowest BCUT2D eigenvalue weighted by Gasteiger charge is -2.21. The molecule has 0 aliphatic heterocycles. The molecule has 0 N–H and O–H groups in total. The molecular formula is C18H18ClNO6S. The lowest BCUT2D eigenvalue weighted by Crippen LogP contribution is -2.35. The van der Waals surface area contributed by atoms with Gasteiger partial charge in [-0.3, -0.25) is 9.10 Å². The second-order valence-corrected chi connectivity index (χ2v) is 7.94. The number of methoxy groups -OCH3 is 1. The topological polar surface area (TPSA) is 90.0 Å². The van der Waals surface area contributed by atoms with Crippen molar-refractivity contribution in [3.63, 3.8) is 0 Å². The molecule has 0 radical (unpaired) electrons. The minimum atomic E-state index is -3.71. The van der Waals surface area contributed by atoms with Crippen LogP contribution < -0.4 is 4.31 Å². The van der Waals surface area contributed by atoms with Crippen LogP contribution in [0.15, 0.2) is 48.5 Å². The zero-order valence-electron chi connectivity index (χ0n) is 14.7. The molecule has 2 rings (SSSR count). The number of carbonyl (C=O) groups excluding carboxylic acids is 2. The van der Waals surface area contributed by atoms with Gasteiger partial charge in [0.05, 0.1) is 24.6 Å². The Morgan fingerprint density at radius 1 is 1.11 bits per heavy atom. The minimum absolute atomic E-state index is 0.0621. The number of benzene rings is 2. The molecule has 0 aliphatic carbocycles. The number of carbonyl (C=O) groups is 2. The first-order chi connectivity index (χ1) is 12.7. The number of halogens is 1. The van der Waals surface area contributed by atoms with Gasteiger partial charge >= 0.3 is 11.9 Å². The van der Waals surface area contributed by atoms with Gasteiger partial charge in [-0.2, -0.15) is 0 Å².